The number of fused-ring (bicyclic) bond motifs is 1. The van der Waals surface area contributed by atoms with Gasteiger partial charge in [-0.1, -0.05) is 6.92 Å². The Morgan fingerprint density at radius 3 is 3.00 bits per heavy atom. The number of hydrogen-bond acceptors (Lipinski definition) is 3. The molecule has 0 saturated carbocycles. The lowest BCUT2D eigenvalue weighted by molar-refractivity contribution is -0.116. The van der Waals surface area contributed by atoms with Crippen molar-refractivity contribution in [2.24, 2.45) is 5.92 Å². The third kappa shape index (κ3) is 3.08. The van der Waals surface area contributed by atoms with Gasteiger partial charge >= 0.3 is 0 Å². The van der Waals surface area contributed by atoms with Crippen molar-refractivity contribution in [1.29, 1.82) is 0 Å². The van der Waals surface area contributed by atoms with Gasteiger partial charge in [-0.15, -0.1) is 0 Å². The monoisotopic (exact) mass is 287 g/mol. The molecule has 2 aliphatic heterocycles. The van der Waals surface area contributed by atoms with Gasteiger partial charge in [0.15, 0.2) is 0 Å². The van der Waals surface area contributed by atoms with Crippen LogP contribution in [0.3, 0.4) is 0 Å². The molecule has 3 N–H and O–H groups in total. The number of piperidine rings is 1. The van der Waals surface area contributed by atoms with Crippen molar-refractivity contribution < 1.29 is 9.59 Å². The molecule has 0 aromatic heterocycles. The van der Waals surface area contributed by atoms with Gasteiger partial charge in [-0.05, 0) is 55.6 Å². The van der Waals surface area contributed by atoms with Crippen molar-refractivity contribution in [3.8, 4) is 0 Å². The Morgan fingerprint density at radius 1 is 1.33 bits per heavy atom. The fraction of sp³-hybridized carbons (Fsp3) is 0.500. The van der Waals surface area contributed by atoms with Crippen molar-refractivity contribution in [2.45, 2.75) is 32.2 Å². The second kappa shape index (κ2) is 5.85. The highest BCUT2D eigenvalue weighted by Crippen LogP contribution is 2.23. The van der Waals surface area contributed by atoms with Gasteiger partial charge in [0.2, 0.25) is 5.91 Å². The number of carbonyl (C=O) groups is 2. The molecule has 2 aliphatic rings. The fourth-order valence-corrected chi connectivity index (χ4v) is 3.00. The predicted octanol–water partition coefficient (Wildman–Crippen LogP) is 1.30. The summed E-state index contributed by atoms with van der Waals surface area (Å²) in [6, 6.07) is 5.74. The van der Waals surface area contributed by atoms with E-state index in [0.717, 1.165) is 30.8 Å². The van der Waals surface area contributed by atoms with Crippen LogP contribution in [0.25, 0.3) is 0 Å². The molecule has 1 aromatic rings. The first kappa shape index (κ1) is 14.1. The second-order valence-electron chi connectivity index (χ2n) is 5.97. The van der Waals surface area contributed by atoms with Crippen molar-refractivity contribution in [2.75, 3.05) is 18.4 Å². The molecule has 0 spiro atoms. The zero-order chi connectivity index (χ0) is 14.8. The van der Waals surface area contributed by atoms with Crippen LogP contribution in [0, 0.1) is 5.92 Å². The summed E-state index contributed by atoms with van der Waals surface area (Å²) >= 11 is 0. The van der Waals surface area contributed by atoms with Gasteiger partial charge in [-0.2, -0.15) is 0 Å². The summed E-state index contributed by atoms with van der Waals surface area (Å²) < 4.78 is 0. The summed E-state index contributed by atoms with van der Waals surface area (Å²) in [7, 11) is 0. The summed E-state index contributed by atoms with van der Waals surface area (Å²) in [6.07, 6.45) is 2.16. The van der Waals surface area contributed by atoms with Crippen LogP contribution >= 0.6 is 0 Å². The highest BCUT2D eigenvalue weighted by molar-refractivity contribution is 5.98. The first-order chi connectivity index (χ1) is 10.1. The van der Waals surface area contributed by atoms with Crippen LogP contribution in [-0.2, 0) is 11.2 Å². The van der Waals surface area contributed by atoms with Gasteiger partial charge in [0.1, 0.15) is 0 Å². The van der Waals surface area contributed by atoms with Crippen LogP contribution in [0.1, 0.15) is 35.7 Å². The number of amides is 2. The SMILES string of the molecule is CC1CNCCC1NC(=O)c1ccc2c(c1)CCC(=O)N2. The fourth-order valence-electron chi connectivity index (χ4n) is 3.00. The van der Waals surface area contributed by atoms with Crippen LogP contribution in [-0.4, -0.2) is 30.9 Å². The molecular formula is C16H21N3O2. The Morgan fingerprint density at radius 2 is 2.19 bits per heavy atom. The lowest BCUT2D eigenvalue weighted by atomic mass is 9.94. The first-order valence-electron chi connectivity index (χ1n) is 7.58. The van der Waals surface area contributed by atoms with E-state index in [0.29, 0.717) is 24.3 Å². The molecular weight excluding hydrogens is 266 g/mol. The van der Waals surface area contributed by atoms with E-state index < -0.39 is 0 Å². The minimum Gasteiger partial charge on any atom is -0.349 e. The number of anilines is 1. The first-order valence-corrected chi connectivity index (χ1v) is 7.58. The quantitative estimate of drug-likeness (QED) is 0.768. The van der Waals surface area contributed by atoms with Gasteiger partial charge in [0.05, 0.1) is 0 Å². The maximum atomic E-state index is 12.4. The average Bonchev–Trinajstić information content (AvgIpc) is 2.49. The van der Waals surface area contributed by atoms with E-state index in [2.05, 4.69) is 22.9 Å². The van der Waals surface area contributed by atoms with Crippen LogP contribution < -0.4 is 16.0 Å². The van der Waals surface area contributed by atoms with Gasteiger partial charge in [0.25, 0.3) is 5.91 Å². The third-order valence-electron chi connectivity index (χ3n) is 4.36. The normalized spacial score (nSPS) is 24.9. The molecule has 5 heteroatoms. The Hall–Kier alpha value is -1.88. The standard InChI is InChI=1S/C16H21N3O2/c1-10-9-17-7-6-13(10)19-16(21)12-2-4-14-11(8-12)3-5-15(20)18-14/h2,4,8,10,13,17H,3,5-7,9H2,1H3,(H,18,20)(H,19,21). The zero-order valence-corrected chi connectivity index (χ0v) is 12.2. The molecule has 5 nitrogen and oxygen atoms in total. The number of aryl methyl sites for hydroxylation is 1. The van der Waals surface area contributed by atoms with Crippen molar-refractivity contribution in [3.63, 3.8) is 0 Å². The second-order valence-corrected chi connectivity index (χ2v) is 5.97. The molecule has 1 aromatic carbocycles. The van der Waals surface area contributed by atoms with E-state index in [-0.39, 0.29) is 17.9 Å². The van der Waals surface area contributed by atoms with E-state index in [4.69, 9.17) is 0 Å². The number of hydrogen-bond donors (Lipinski definition) is 3. The van der Waals surface area contributed by atoms with E-state index in [1.807, 2.05) is 12.1 Å². The highest BCUT2D eigenvalue weighted by Gasteiger charge is 2.23. The Kier molecular flexibility index (Phi) is 3.92. The van der Waals surface area contributed by atoms with Crippen LogP contribution in [0.2, 0.25) is 0 Å². The lowest BCUT2D eigenvalue weighted by Crippen LogP contribution is -2.48. The van der Waals surface area contributed by atoms with Crippen LogP contribution in [0.4, 0.5) is 5.69 Å². The zero-order valence-electron chi connectivity index (χ0n) is 12.2. The average molecular weight is 287 g/mol. The topological polar surface area (TPSA) is 70.2 Å². The molecule has 1 saturated heterocycles. The van der Waals surface area contributed by atoms with Gasteiger partial charge in [-0.3, -0.25) is 9.59 Å². The van der Waals surface area contributed by atoms with Crippen molar-refractivity contribution in [3.05, 3.63) is 29.3 Å². The Balaban J connectivity index is 1.71. The van der Waals surface area contributed by atoms with Gasteiger partial charge in [-0.25, -0.2) is 0 Å². The molecule has 2 heterocycles. The molecule has 3 rings (SSSR count). The summed E-state index contributed by atoms with van der Waals surface area (Å²) in [5.74, 6) is 0.469. The van der Waals surface area contributed by atoms with E-state index in [9.17, 15) is 9.59 Å². The molecule has 21 heavy (non-hydrogen) atoms. The summed E-state index contributed by atoms with van der Waals surface area (Å²) in [5.41, 5.74) is 2.55. The van der Waals surface area contributed by atoms with E-state index in [1.54, 1.807) is 6.07 Å². The van der Waals surface area contributed by atoms with E-state index >= 15 is 0 Å². The summed E-state index contributed by atoms with van der Waals surface area (Å²) in [4.78, 5) is 23.7. The summed E-state index contributed by atoms with van der Waals surface area (Å²) in [5, 5.41) is 9.30. The van der Waals surface area contributed by atoms with Crippen LogP contribution in [0.5, 0.6) is 0 Å². The molecule has 2 atom stereocenters. The van der Waals surface area contributed by atoms with Crippen molar-refractivity contribution >= 4 is 17.5 Å². The number of rotatable bonds is 2. The van der Waals surface area contributed by atoms with Crippen molar-refractivity contribution in [1.82, 2.24) is 10.6 Å². The summed E-state index contributed by atoms with van der Waals surface area (Å²) in [6.45, 7) is 4.05. The maximum absolute atomic E-state index is 12.4. The molecule has 1 fully saturated rings. The molecule has 2 unspecified atom stereocenters. The molecule has 2 amide bonds. The van der Waals surface area contributed by atoms with Gasteiger partial charge in [0, 0.05) is 23.7 Å². The number of benzene rings is 1. The third-order valence-corrected chi connectivity index (χ3v) is 4.36. The molecule has 112 valence electrons. The molecule has 0 aliphatic carbocycles. The van der Waals surface area contributed by atoms with Crippen LogP contribution in [0.15, 0.2) is 18.2 Å². The predicted molar refractivity (Wildman–Crippen MR) is 81.3 cm³/mol. The largest absolute Gasteiger partial charge is 0.349 e. The molecule has 0 radical (unpaired) electrons. The van der Waals surface area contributed by atoms with E-state index in [1.165, 1.54) is 0 Å². The smallest absolute Gasteiger partial charge is 0.251 e. The highest BCUT2D eigenvalue weighted by atomic mass is 16.2. The number of nitrogens with one attached hydrogen (secondary N) is 3. The minimum absolute atomic E-state index is 0.0200. The minimum atomic E-state index is -0.0200. The maximum Gasteiger partial charge on any atom is 0.251 e. The van der Waals surface area contributed by atoms with Gasteiger partial charge < -0.3 is 16.0 Å². The lowest BCUT2D eigenvalue weighted by Gasteiger charge is -2.30. The Labute approximate surface area is 124 Å². The Bertz CT molecular complexity index is 571. The molecule has 0 bridgehead atoms. The number of carbonyl (C=O) groups excluding carboxylic acids is 2.